The highest BCUT2D eigenvalue weighted by atomic mass is 79.9. The molecule has 104 valence electrons. The van der Waals surface area contributed by atoms with Crippen LogP contribution in [0.1, 0.15) is 23.7 Å². The number of hydrogen-bond acceptors (Lipinski definition) is 3. The summed E-state index contributed by atoms with van der Waals surface area (Å²) in [4.78, 5) is 16.2. The van der Waals surface area contributed by atoms with Crippen molar-refractivity contribution in [3.8, 4) is 5.75 Å². The molecule has 1 N–H and O–H groups in total. The number of carbonyl (C=O) groups excluding carboxylic acids is 1. The van der Waals surface area contributed by atoms with Crippen molar-refractivity contribution >= 4 is 27.5 Å². The molecular formula is C15H15BrN2O2. The van der Waals surface area contributed by atoms with Gasteiger partial charge in [-0.25, -0.2) is 4.98 Å². The maximum atomic E-state index is 12.2. The van der Waals surface area contributed by atoms with Gasteiger partial charge < -0.3 is 10.1 Å². The number of nitrogens with one attached hydrogen (secondary N) is 1. The lowest BCUT2D eigenvalue weighted by Gasteiger charge is -2.08. The number of amides is 1. The number of aromatic nitrogens is 1. The van der Waals surface area contributed by atoms with Crippen LogP contribution < -0.4 is 10.1 Å². The first kappa shape index (κ1) is 14.5. The first-order chi connectivity index (χ1) is 9.70. The Balaban J connectivity index is 2.11. The predicted octanol–water partition coefficient (Wildman–Crippen LogP) is 3.89. The van der Waals surface area contributed by atoms with Gasteiger partial charge in [0, 0.05) is 11.8 Å². The Morgan fingerprint density at radius 3 is 2.95 bits per heavy atom. The van der Waals surface area contributed by atoms with Gasteiger partial charge in [0.25, 0.3) is 5.91 Å². The normalized spacial score (nSPS) is 10.1. The smallest absolute Gasteiger partial charge is 0.255 e. The molecule has 20 heavy (non-hydrogen) atoms. The van der Waals surface area contributed by atoms with Crippen molar-refractivity contribution in [2.24, 2.45) is 0 Å². The number of ether oxygens (including phenoxy) is 1. The minimum absolute atomic E-state index is 0.194. The van der Waals surface area contributed by atoms with Crippen LogP contribution in [-0.4, -0.2) is 17.5 Å². The van der Waals surface area contributed by atoms with Gasteiger partial charge in [-0.2, -0.15) is 0 Å². The second-order valence-corrected chi connectivity index (χ2v) is 4.92. The van der Waals surface area contributed by atoms with Crippen LogP contribution in [0.5, 0.6) is 5.75 Å². The lowest BCUT2D eigenvalue weighted by atomic mass is 10.2. The maximum absolute atomic E-state index is 12.2. The van der Waals surface area contributed by atoms with Gasteiger partial charge in [-0.1, -0.05) is 13.0 Å². The van der Waals surface area contributed by atoms with Crippen molar-refractivity contribution in [2.45, 2.75) is 13.3 Å². The molecule has 0 bridgehead atoms. The molecule has 4 nitrogen and oxygen atoms in total. The molecule has 0 spiro atoms. The summed E-state index contributed by atoms with van der Waals surface area (Å²) < 4.78 is 6.12. The van der Waals surface area contributed by atoms with E-state index in [2.05, 4.69) is 26.2 Å². The van der Waals surface area contributed by atoms with Crippen LogP contribution >= 0.6 is 15.9 Å². The number of benzene rings is 1. The van der Waals surface area contributed by atoms with Crippen molar-refractivity contribution in [1.29, 1.82) is 0 Å². The SMILES string of the molecule is CCCOc1cccc(C(=O)Nc2cccnc2Br)c1. The van der Waals surface area contributed by atoms with Crippen LogP contribution in [0.3, 0.4) is 0 Å². The molecular weight excluding hydrogens is 320 g/mol. The van der Waals surface area contributed by atoms with E-state index < -0.39 is 0 Å². The number of carbonyl (C=O) groups is 1. The number of pyridine rings is 1. The fourth-order valence-corrected chi connectivity index (χ4v) is 1.97. The van der Waals surface area contributed by atoms with Crippen LogP contribution in [0.15, 0.2) is 47.2 Å². The summed E-state index contributed by atoms with van der Waals surface area (Å²) in [5.74, 6) is 0.505. The number of rotatable bonds is 5. The zero-order valence-electron chi connectivity index (χ0n) is 11.1. The molecule has 1 aromatic heterocycles. The van der Waals surface area contributed by atoms with Gasteiger partial charge in [0.15, 0.2) is 0 Å². The van der Waals surface area contributed by atoms with Crippen LogP contribution in [0.25, 0.3) is 0 Å². The van der Waals surface area contributed by atoms with E-state index in [0.29, 0.717) is 28.2 Å². The molecule has 0 aliphatic rings. The predicted molar refractivity (Wildman–Crippen MR) is 82.1 cm³/mol. The van der Waals surface area contributed by atoms with Crippen LogP contribution in [0.4, 0.5) is 5.69 Å². The number of anilines is 1. The van der Waals surface area contributed by atoms with Gasteiger partial charge in [0.2, 0.25) is 0 Å². The van der Waals surface area contributed by atoms with Gasteiger partial charge in [0.05, 0.1) is 12.3 Å². The van der Waals surface area contributed by atoms with E-state index in [9.17, 15) is 4.79 Å². The largest absolute Gasteiger partial charge is 0.494 e. The van der Waals surface area contributed by atoms with Gasteiger partial charge in [-0.05, 0) is 52.7 Å². The molecule has 2 rings (SSSR count). The van der Waals surface area contributed by atoms with Crippen LogP contribution in [-0.2, 0) is 0 Å². The second kappa shape index (κ2) is 7.05. The van der Waals surface area contributed by atoms with Crippen molar-refractivity contribution < 1.29 is 9.53 Å². The minimum Gasteiger partial charge on any atom is -0.494 e. The average Bonchev–Trinajstić information content (AvgIpc) is 2.48. The maximum Gasteiger partial charge on any atom is 0.255 e. The summed E-state index contributed by atoms with van der Waals surface area (Å²) >= 11 is 3.30. The van der Waals surface area contributed by atoms with Gasteiger partial charge in [-0.15, -0.1) is 0 Å². The highest BCUT2D eigenvalue weighted by Gasteiger charge is 2.09. The van der Waals surface area contributed by atoms with Crippen LogP contribution in [0.2, 0.25) is 0 Å². The molecule has 1 heterocycles. The van der Waals surface area contributed by atoms with Crippen molar-refractivity contribution in [3.05, 3.63) is 52.8 Å². The lowest BCUT2D eigenvalue weighted by Crippen LogP contribution is -2.12. The Hall–Kier alpha value is -1.88. The molecule has 5 heteroatoms. The summed E-state index contributed by atoms with van der Waals surface area (Å²) in [6.45, 7) is 2.68. The molecule has 1 amide bonds. The third kappa shape index (κ3) is 3.81. The number of halogens is 1. The van der Waals surface area contributed by atoms with Crippen LogP contribution in [0, 0.1) is 0 Å². The van der Waals surface area contributed by atoms with Crippen molar-refractivity contribution in [1.82, 2.24) is 4.98 Å². The van der Waals surface area contributed by atoms with Crippen molar-refractivity contribution in [3.63, 3.8) is 0 Å². The molecule has 0 fully saturated rings. The first-order valence-corrected chi connectivity index (χ1v) is 7.14. The lowest BCUT2D eigenvalue weighted by molar-refractivity contribution is 0.102. The molecule has 0 saturated heterocycles. The van der Waals surface area contributed by atoms with E-state index in [4.69, 9.17) is 4.74 Å². The zero-order chi connectivity index (χ0) is 14.4. The summed E-state index contributed by atoms with van der Waals surface area (Å²) in [5, 5.41) is 2.81. The van der Waals surface area contributed by atoms with Gasteiger partial charge in [0.1, 0.15) is 10.4 Å². The highest BCUT2D eigenvalue weighted by molar-refractivity contribution is 9.10. The molecule has 2 aromatic rings. The van der Waals surface area contributed by atoms with E-state index in [1.165, 1.54) is 0 Å². The molecule has 0 unspecified atom stereocenters. The Kier molecular flexibility index (Phi) is 5.12. The molecule has 0 radical (unpaired) electrons. The molecule has 0 aliphatic carbocycles. The Bertz CT molecular complexity index is 602. The summed E-state index contributed by atoms with van der Waals surface area (Å²) in [6, 6.07) is 10.7. The average molecular weight is 335 g/mol. The Morgan fingerprint density at radius 2 is 2.20 bits per heavy atom. The monoisotopic (exact) mass is 334 g/mol. The van der Waals surface area contributed by atoms with E-state index in [1.54, 1.807) is 36.5 Å². The third-order valence-corrected chi connectivity index (χ3v) is 3.21. The van der Waals surface area contributed by atoms with E-state index in [0.717, 1.165) is 6.42 Å². The first-order valence-electron chi connectivity index (χ1n) is 6.35. The zero-order valence-corrected chi connectivity index (χ0v) is 12.7. The fourth-order valence-electron chi connectivity index (χ4n) is 1.62. The Labute approximate surface area is 126 Å². The highest BCUT2D eigenvalue weighted by Crippen LogP contribution is 2.20. The Morgan fingerprint density at radius 1 is 1.35 bits per heavy atom. The van der Waals surface area contributed by atoms with Gasteiger partial charge >= 0.3 is 0 Å². The second-order valence-electron chi connectivity index (χ2n) is 4.17. The summed E-state index contributed by atoms with van der Waals surface area (Å²) in [6.07, 6.45) is 2.58. The molecule has 0 atom stereocenters. The number of nitrogens with zero attached hydrogens (tertiary/aromatic N) is 1. The standard InChI is InChI=1S/C15H15BrN2O2/c1-2-9-20-12-6-3-5-11(10-12)15(19)18-13-7-4-8-17-14(13)16/h3-8,10H,2,9H2,1H3,(H,18,19). The summed E-state index contributed by atoms with van der Waals surface area (Å²) in [7, 11) is 0. The third-order valence-electron chi connectivity index (χ3n) is 2.58. The minimum atomic E-state index is -0.194. The molecule has 1 aromatic carbocycles. The van der Waals surface area contributed by atoms with Gasteiger partial charge in [-0.3, -0.25) is 4.79 Å². The van der Waals surface area contributed by atoms with Crippen molar-refractivity contribution in [2.75, 3.05) is 11.9 Å². The fraction of sp³-hybridized carbons (Fsp3) is 0.200. The molecule has 0 saturated carbocycles. The van der Waals surface area contributed by atoms with E-state index in [-0.39, 0.29) is 5.91 Å². The summed E-state index contributed by atoms with van der Waals surface area (Å²) in [5.41, 5.74) is 1.19. The molecule has 0 aliphatic heterocycles. The topological polar surface area (TPSA) is 51.2 Å². The number of hydrogen-bond donors (Lipinski definition) is 1. The van der Waals surface area contributed by atoms with E-state index >= 15 is 0 Å². The quantitative estimate of drug-likeness (QED) is 0.844. The van der Waals surface area contributed by atoms with E-state index in [1.807, 2.05) is 13.0 Å².